The lowest BCUT2D eigenvalue weighted by atomic mass is 10.1. The molecular weight excluding hydrogens is 358 g/mol. The van der Waals surface area contributed by atoms with Gasteiger partial charge in [-0.25, -0.2) is 4.79 Å². The summed E-state index contributed by atoms with van der Waals surface area (Å²) in [6.45, 7) is 1.39. The molecule has 3 aromatic rings. The van der Waals surface area contributed by atoms with Crippen LogP contribution in [0.5, 0.6) is 0 Å². The minimum absolute atomic E-state index is 0.181. The van der Waals surface area contributed by atoms with E-state index in [4.69, 9.17) is 9.15 Å². The summed E-state index contributed by atoms with van der Waals surface area (Å²) < 4.78 is 10.8. The third-order valence-electron chi connectivity index (χ3n) is 4.70. The predicted octanol–water partition coefficient (Wildman–Crippen LogP) is 3.26. The van der Waals surface area contributed by atoms with Crippen LogP contribution in [-0.4, -0.2) is 40.1 Å². The normalized spacial score (nSPS) is 14.6. The average molecular weight is 377 g/mol. The van der Waals surface area contributed by atoms with Gasteiger partial charge in [0.1, 0.15) is 0 Å². The van der Waals surface area contributed by atoms with Gasteiger partial charge in [-0.15, -0.1) is 10.2 Å². The molecule has 0 radical (unpaired) electrons. The quantitative estimate of drug-likeness (QED) is 0.635. The van der Waals surface area contributed by atoms with Crippen LogP contribution in [0.15, 0.2) is 65.4 Å². The number of nitrogens with zero attached hydrogens (tertiary/aromatic N) is 3. The first-order chi connectivity index (χ1) is 13.7. The Labute approximate surface area is 161 Å². The minimum Gasteiger partial charge on any atom is -0.444 e. The van der Waals surface area contributed by atoms with Gasteiger partial charge in [0.05, 0.1) is 5.56 Å². The Bertz CT molecular complexity index is 934. The van der Waals surface area contributed by atoms with Crippen LogP contribution in [0.25, 0.3) is 11.5 Å². The lowest BCUT2D eigenvalue weighted by Crippen LogP contribution is -2.34. The van der Waals surface area contributed by atoms with E-state index in [0.29, 0.717) is 35.7 Å². The Balaban J connectivity index is 1.54. The van der Waals surface area contributed by atoms with E-state index in [1.54, 1.807) is 41.3 Å². The molecule has 1 atom stereocenters. The Hall–Kier alpha value is -3.48. The fourth-order valence-electron chi connectivity index (χ4n) is 3.22. The zero-order valence-electron chi connectivity index (χ0n) is 15.2. The van der Waals surface area contributed by atoms with Crippen LogP contribution in [0.3, 0.4) is 0 Å². The molecular formula is C21H19N3O4. The van der Waals surface area contributed by atoms with Crippen molar-refractivity contribution in [3.8, 4) is 11.5 Å². The van der Waals surface area contributed by atoms with E-state index in [9.17, 15) is 9.59 Å². The number of rotatable bonds is 5. The molecule has 7 nitrogen and oxygen atoms in total. The van der Waals surface area contributed by atoms with E-state index in [0.717, 1.165) is 12.8 Å². The van der Waals surface area contributed by atoms with Crippen LogP contribution < -0.4 is 0 Å². The Morgan fingerprint density at radius 2 is 1.71 bits per heavy atom. The first kappa shape index (κ1) is 17.9. The molecule has 0 aliphatic carbocycles. The maximum absolute atomic E-state index is 12.9. The third kappa shape index (κ3) is 3.78. The molecule has 1 aliphatic rings. The van der Waals surface area contributed by atoms with Gasteiger partial charge in [-0.1, -0.05) is 30.3 Å². The minimum atomic E-state index is -0.956. The van der Waals surface area contributed by atoms with Gasteiger partial charge in [-0.3, -0.25) is 4.79 Å². The summed E-state index contributed by atoms with van der Waals surface area (Å²) in [5.41, 5.74) is 1.70. The second kappa shape index (κ2) is 8.04. The number of likely N-dealkylation sites (tertiary alicyclic amines) is 1. The van der Waals surface area contributed by atoms with Crippen LogP contribution in [-0.2, 0) is 9.53 Å². The van der Waals surface area contributed by atoms with Crippen molar-refractivity contribution >= 4 is 11.9 Å². The predicted molar refractivity (Wildman–Crippen MR) is 100 cm³/mol. The third-order valence-corrected chi connectivity index (χ3v) is 4.70. The summed E-state index contributed by atoms with van der Waals surface area (Å²) in [7, 11) is 0. The molecule has 0 saturated carbocycles. The fraction of sp³-hybridized carbons (Fsp3) is 0.238. The largest absolute Gasteiger partial charge is 0.444 e. The van der Waals surface area contributed by atoms with E-state index in [-0.39, 0.29) is 5.91 Å². The standard InChI is InChI=1S/C21H19N3O4/c25-20(24-12-4-5-13-24)18(15-6-2-1-3-7-15)28-21(26)17-10-8-16(9-11-17)19-23-22-14-27-19/h1-3,6-11,14,18H,4-5,12-13H2/t18-/m0/s1. The summed E-state index contributed by atoms with van der Waals surface area (Å²) in [4.78, 5) is 27.4. The van der Waals surface area contributed by atoms with Crippen LogP contribution >= 0.6 is 0 Å². The number of benzene rings is 2. The molecule has 2 heterocycles. The van der Waals surface area contributed by atoms with E-state index in [1.807, 2.05) is 18.2 Å². The summed E-state index contributed by atoms with van der Waals surface area (Å²) >= 11 is 0. The van der Waals surface area contributed by atoms with Gasteiger partial charge in [0.15, 0.2) is 0 Å². The van der Waals surface area contributed by atoms with Crippen molar-refractivity contribution in [2.45, 2.75) is 18.9 Å². The van der Waals surface area contributed by atoms with E-state index in [2.05, 4.69) is 10.2 Å². The Kier molecular flexibility index (Phi) is 5.14. The molecule has 0 unspecified atom stereocenters. The maximum Gasteiger partial charge on any atom is 0.339 e. The summed E-state index contributed by atoms with van der Waals surface area (Å²) in [6.07, 6.45) is 2.23. The van der Waals surface area contributed by atoms with Crippen molar-refractivity contribution in [3.05, 3.63) is 72.1 Å². The van der Waals surface area contributed by atoms with Crippen molar-refractivity contribution in [2.75, 3.05) is 13.1 Å². The van der Waals surface area contributed by atoms with Gasteiger partial charge >= 0.3 is 5.97 Å². The van der Waals surface area contributed by atoms with E-state index < -0.39 is 12.1 Å². The number of hydrogen-bond donors (Lipinski definition) is 0. The molecule has 142 valence electrons. The highest BCUT2D eigenvalue weighted by Crippen LogP contribution is 2.25. The number of hydrogen-bond acceptors (Lipinski definition) is 6. The summed E-state index contributed by atoms with van der Waals surface area (Å²) in [6, 6.07) is 15.7. The Morgan fingerprint density at radius 1 is 1.00 bits per heavy atom. The number of carbonyl (C=O) groups is 2. The van der Waals surface area contributed by atoms with E-state index >= 15 is 0 Å². The van der Waals surface area contributed by atoms with Crippen molar-refractivity contribution in [2.24, 2.45) is 0 Å². The SMILES string of the molecule is O=C(O[C@H](C(=O)N1CCCC1)c1ccccc1)c1ccc(-c2nnco2)cc1. The number of esters is 1. The number of carbonyl (C=O) groups excluding carboxylic acids is 2. The molecule has 1 aromatic heterocycles. The molecule has 1 fully saturated rings. The van der Waals surface area contributed by atoms with Gasteiger partial charge in [0, 0.05) is 24.2 Å². The molecule has 1 aliphatic heterocycles. The van der Waals surface area contributed by atoms with Crippen LogP contribution in [0.4, 0.5) is 0 Å². The highest BCUT2D eigenvalue weighted by Gasteiger charge is 2.31. The molecule has 0 bridgehead atoms. The average Bonchev–Trinajstić information content (AvgIpc) is 3.46. The van der Waals surface area contributed by atoms with Crippen molar-refractivity contribution in [1.82, 2.24) is 15.1 Å². The maximum atomic E-state index is 12.9. The van der Waals surface area contributed by atoms with E-state index in [1.165, 1.54) is 6.39 Å². The molecule has 28 heavy (non-hydrogen) atoms. The molecule has 1 amide bonds. The zero-order chi connectivity index (χ0) is 19.3. The number of amides is 1. The monoisotopic (exact) mass is 377 g/mol. The lowest BCUT2D eigenvalue weighted by molar-refractivity contribution is -0.140. The van der Waals surface area contributed by atoms with Gasteiger partial charge < -0.3 is 14.1 Å². The Morgan fingerprint density at radius 3 is 2.36 bits per heavy atom. The second-order valence-electron chi connectivity index (χ2n) is 6.55. The second-order valence-corrected chi connectivity index (χ2v) is 6.55. The van der Waals surface area contributed by atoms with Gasteiger partial charge in [0.25, 0.3) is 5.91 Å². The molecule has 4 rings (SSSR count). The molecule has 2 aromatic carbocycles. The summed E-state index contributed by atoms with van der Waals surface area (Å²) in [5, 5.41) is 7.47. The fourth-order valence-corrected chi connectivity index (χ4v) is 3.22. The zero-order valence-corrected chi connectivity index (χ0v) is 15.2. The number of ether oxygens (including phenoxy) is 1. The first-order valence-electron chi connectivity index (χ1n) is 9.14. The highest BCUT2D eigenvalue weighted by molar-refractivity contribution is 5.93. The van der Waals surface area contributed by atoms with Gasteiger partial charge in [-0.2, -0.15) is 0 Å². The molecule has 7 heteroatoms. The van der Waals surface area contributed by atoms with Gasteiger partial charge in [-0.05, 0) is 37.1 Å². The van der Waals surface area contributed by atoms with Crippen LogP contribution in [0, 0.1) is 0 Å². The van der Waals surface area contributed by atoms with Crippen molar-refractivity contribution in [3.63, 3.8) is 0 Å². The highest BCUT2D eigenvalue weighted by atomic mass is 16.5. The topological polar surface area (TPSA) is 85.5 Å². The smallest absolute Gasteiger partial charge is 0.339 e. The summed E-state index contributed by atoms with van der Waals surface area (Å²) in [5.74, 6) is -0.371. The molecule has 0 spiro atoms. The molecule has 0 N–H and O–H groups in total. The van der Waals surface area contributed by atoms with Crippen molar-refractivity contribution < 1.29 is 18.7 Å². The van der Waals surface area contributed by atoms with Crippen molar-refractivity contribution in [1.29, 1.82) is 0 Å². The molecule has 1 saturated heterocycles. The lowest BCUT2D eigenvalue weighted by Gasteiger charge is -2.23. The first-order valence-corrected chi connectivity index (χ1v) is 9.14. The van der Waals surface area contributed by atoms with Crippen LogP contribution in [0.2, 0.25) is 0 Å². The van der Waals surface area contributed by atoms with Crippen LogP contribution in [0.1, 0.15) is 34.9 Å². The number of aromatic nitrogens is 2. The van der Waals surface area contributed by atoms with Gasteiger partial charge in [0.2, 0.25) is 18.4 Å².